The molecule has 0 spiro atoms. The number of carbonyl (C=O) groups is 1. The van der Waals surface area contributed by atoms with Crippen molar-refractivity contribution < 1.29 is 13.2 Å². The summed E-state index contributed by atoms with van der Waals surface area (Å²) >= 11 is 8.96. The number of anilines is 2. The zero-order valence-corrected chi connectivity index (χ0v) is 19.5. The number of sulfonamides is 1. The average Bonchev–Trinajstić information content (AvgIpc) is 3.02. The van der Waals surface area contributed by atoms with Crippen molar-refractivity contribution >= 4 is 61.4 Å². The smallest absolute Gasteiger partial charge is 0.249 e. The summed E-state index contributed by atoms with van der Waals surface area (Å²) in [5.74, 6) is 0.907. The third-order valence-corrected chi connectivity index (χ3v) is 7.72. The Hall–Kier alpha value is -1.36. The van der Waals surface area contributed by atoms with Crippen molar-refractivity contribution in [2.24, 2.45) is 5.92 Å². The third kappa shape index (κ3) is 6.07. The van der Waals surface area contributed by atoms with Crippen LogP contribution in [0.25, 0.3) is 0 Å². The van der Waals surface area contributed by atoms with E-state index in [1.54, 1.807) is 23.9 Å². The highest BCUT2D eigenvalue weighted by Gasteiger charge is 2.30. The van der Waals surface area contributed by atoms with E-state index in [-0.39, 0.29) is 0 Å². The zero-order chi connectivity index (χ0) is 21.1. The molecule has 0 bridgehead atoms. The predicted molar refractivity (Wildman–Crippen MR) is 117 cm³/mol. The molecule has 0 saturated carbocycles. The van der Waals surface area contributed by atoms with Gasteiger partial charge in [0.25, 0.3) is 0 Å². The van der Waals surface area contributed by atoms with Gasteiger partial charge in [0.15, 0.2) is 4.34 Å². The van der Waals surface area contributed by atoms with Crippen LogP contribution < -0.4 is 9.62 Å². The van der Waals surface area contributed by atoms with Crippen LogP contribution in [0.2, 0.25) is 5.02 Å². The Morgan fingerprint density at radius 1 is 1.32 bits per heavy atom. The first-order valence-electron chi connectivity index (χ1n) is 8.51. The lowest BCUT2D eigenvalue weighted by molar-refractivity contribution is -0.116. The van der Waals surface area contributed by atoms with Gasteiger partial charge in [0.1, 0.15) is 6.04 Å². The summed E-state index contributed by atoms with van der Waals surface area (Å²) in [6.45, 7) is 7.54. The standard InChI is InChI=1S/C17H23ClN4O3S3/c1-10(2)9-26-17-21-20-16(27-17)19-15(23)12(4)22(28(5,24)25)13-7-6-11(3)14(18)8-13/h6-8,10,12H,9H2,1-5H3,(H,19,20,23)/t12-/m1/s1. The van der Waals surface area contributed by atoms with E-state index in [1.165, 1.54) is 24.3 Å². The first-order chi connectivity index (χ1) is 13.0. The number of aryl methyl sites for hydroxylation is 1. The molecule has 1 atom stereocenters. The summed E-state index contributed by atoms with van der Waals surface area (Å²) in [5.41, 5.74) is 1.14. The number of hydrogen-bond acceptors (Lipinski definition) is 7. The molecule has 28 heavy (non-hydrogen) atoms. The van der Waals surface area contributed by atoms with Crippen molar-refractivity contribution in [2.75, 3.05) is 21.6 Å². The SMILES string of the molecule is Cc1ccc(N([C@H](C)C(=O)Nc2nnc(SCC(C)C)s2)S(C)(=O)=O)cc1Cl. The van der Waals surface area contributed by atoms with Crippen molar-refractivity contribution in [3.8, 4) is 0 Å². The molecule has 0 unspecified atom stereocenters. The van der Waals surface area contributed by atoms with Gasteiger partial charge < -0.3 is 0 Å². The predicted octanol–water partition coefficient (Wildman–Crippen LogP) is 4.04. The van der Waals surface area contributed by atoms with E-state index in [2.05, 4.69) is 29.4 Å². The molecule has 0 fully saturated rings. The monoisotopic (exact) mass is 462 g/mol. The quantitative estimate of drug-likeness (QED) is 0.470. The molecular formula is C17H23ClN4O3S3. The second kappa shape index (κ2) is 9.43. The van der Waals surface area contributed by atoms with E-state index in [0.29, 0.717) is 21.8 Å². The Labute approximate surface area is 178 Å². The van der Waals surface area contributed by atoms with Crippen LogP contribution in [0.1, 0.15) is 26.3 Å². The summed E-state index contributed by atoms with van der Waals surface area (Å²) in [4.78, 5) is 12.7. The molecule has 7 nitrogen and oxygen atoms in total. The molecule has 0 saturated heterocycles. The van der Waals surface area contributed by atoms with Crippen molar-refractivity contribution in [3.63, 3.8) is 0 Å². The minimum Gasteiger partial charge on any atom is -0.299 e. The van der Waals surface area contributed by atoms with Crippen LogP contribution in [0.4, 0.5) is 10.8 Å². The molecule has 1 amide bonds. The molecular weight excluding hydrogens is 440 g/mol. The normalized spacial score (nSPS) is 12.8. The molecule has 0 aliphatic carbocycles. The van der Waals surface area contributed by atoms with E-state index in [4.69, 9.17) is 11.6 Å². The topological polar surface area (TPSA) is 92.3 Å². The van der Waals surface area contributed by atoms with E-state index in [1.807, 2.05) is 6.92 Å². The maximum absolute atomic E-state index is 12.7. The van der Waals surface area contributed by atoms with Crippen LogP contribution in [0, 0.1) is 12.8 Å². The van der Waals surface area contributed by atoms with E-state index < -0.39 is 22.0 Å². The minimum atomic E-state index is -3.72. The number of nitrogens with zero attached hydrogens (tertiary/aromatic N) is 3. The molecule has 154 valence electrons. The largest absolute Gasteiger partial charge is 0.299 e. The van der Waals surface area contributed by atoms with Crippen LogP contribution >= 0.6 is 34.7 Å². The number of rotatable bonds is 8. The maximum atomic E-state index is 12.7. The van der Waals surface area contributed by atoms with Gasteiger partial charge >= 0.3 is 0 Å². The lowest BCUT2D eigenvalue weighted by Gasteiger charge is -2.28. The lowest BCUT2D eigenvalue weighted by atomic mass is 10.2. The van der Waals surface area contributed by atoms with Gasteiger partial charge in [-0.1, -0.05) is 54.6 Å². The Morgan fingerprint density at radius 3 is 2.57 bits per heavy atom. The van der Waals surface area contributed by atoms with Gasteiger partial charge in [0, 0.05) is 10.8 Å². The van der Waals surface area contributed by atoms with E-state index in [9.17, 15) is 13.2 Å². The Balaban J connectivity index is 2.19. The number of thioether (sulfide) groups is 1. The summed E-state index contributed by atoms with van der Waals surface area (Å²) in [6.07, 6.45) is 1.05. The van der Waals surface area contributed by atoms with Gasteiger partial charge in [-0.05, 0) is 37.5 Å². The average molecular weight is 463 g/mol. The molecule has 0 aliphatic rings. The second-order valence-corrected chi connectivity index (χ2v) is 11.2. The third-order valence-electron chi connectivity index (χ3n) is 3.68. The highest BCUT2D eigenvalue weighted by atomic mass is 35.5. The molecule has 11 heteroatoms. The van der Waals surface area contributed by atoms with Gasteiger partial charge in [0.2, 0.25) is 21.1 Å². The summed E-state index contributed by atoms with van der Waals surface area (Å²) in [7, 11) is -3.72. The van der Waals surface area contributed by atoms with Crippen LogP contribution in [0.5, 0.6) is 0 Å². The fraction of sp³-hybridized carbons (Fsp3) is 0.471. The molecule has 2 rings (SSSR count). The number of halogens is 1. The molecule has 1 aromatic heterocycles. The second-order valence-electron chi connectivity index (χ2n) is 6.74. The molecule has 1 aromatic carbocycles. The lowest BCUT2D eigenvalue weighted by Crippen LogP contribution is -2.45. The molecule has 1 heterocycles. The number of hydrogen-bond donors (Lipinski definition) is 1. The molecule has 0 radical (unpaired) electrons. The highest BCUT2D eigenvalue weighted by molar-refractivity contribution is 8.01. The van der Waals surface area contributed by atoms with E-state index in [0.717, 1.165) is 26.2 Å². The van der Waals surface area contributed by atoms with Gasteiger partial charge in [0.05, 0.1) is 11.9 Å². The minimum absolute atomic E-state index is 0.325. The number of benzene rings is 1. The number of aromatic nitrogens is 2. The van der Waals surface area contributed by atoms with Gasteiger partial charge in [-0.2, -0.15) is 0 Å². The van der Waals surface area contributed by atoms with Crippen LogP contribution in [-0.2, 0) is 14.8 Å². The van der Waals surface area contributed by atoms with Crippen LogP contribution in [0.3, 0.4) is 0 Å². The van der Waals surface area contributed by atoms with Gasteiger partial charge in [-0.3, -0.25) is 14.4 Å². The van der Waals surface area contributed by atoms with Crippen molar-refractivity contribution in [2.45, 2.75) is 38.1 Å². The Kier molecular flexibility index (Phi) is 7.72. The Bertz CT molecular complexity index is 947. The fourth-order valence-corrected chi connectivity index (χ4v) is 5.37. The van der Waals surface area contributed by atoms with Crippen LogP contribution in [-0.4, -0.2) is 42.6 Å². The van der Waals surface area contributed by atoms with E-state index >= 15 is 0 Å². The van der Waals surface area contributed by atoms with Crippen molar-refractivity contribution in [1.29, 1.82) is 0 Å². The number of carbonyl (C=O) groups excluding carboxylic acids is 1. The fourth-order valence-electron chi connectivity index (χ4n) is 2.29. The van der Waals surface area contributed by atoms with Crippen molar-refractivity contribution in [3.05, 3.63) is 28.8 Å². The highest BCUT2D eigenvalue weighted by Crippen LogP contribution is 2.29. The summed E-state index contributed by atoms with van der Waals surface area (Å²) in [5, 5.41) is 11.4. The van der Waals surface area contributed by atoms with Gasteiger partial charge in [-0.25, -0.2) is 8.42 Å². The molecule has 1 N–H and O–H groups in total. The maximum Gasteiger partial charge on any atom is 0.249 e. The Morgan fingerprint density at radius 2 is 2.00 bits per heavy atom. The first kappa shape index (κ1) is 22.9. The van der Waals surface area contributed by atoms with Gasteiger partial charge in [-0.15, -0.1) is 10.2 Å². The van der Waals surface area contributed by atoms with Crippen LogP contribution in [0.15, 0.2) is 22.5 Å². The first-order valence-corrected chi connectivity index (χ1v) is 12.5. The number of nitrogens with one attached hydrogen (secondary N) is 1. The zero-order valence-electron chi connectivity index (χ0n) is 16.3. The van der Waals surface area contributed by atoms with Crippen molar-refractivity contribution in [1.82, 2.24) is 10.2 Å². The summed E-state index contributed by atoms with van der Waals surface area (Å²) in [6, 6.07) is 3.87. The summed E-state index contributed by atoms with van der Waals surface area (Å²) < 4.78 is 26.5. The molecule has 2 aromatic rings. The number of amides is 1. The molecule has 0 aliphatic heterocycles.